The Balaban J connectivity index is 0.000000588. The summed E-state index contributed by atoms with van der Waals surface area (Å²) in [6.45, 7) is 5.16. The molecular weight excluding hydrogens is 759 g/mol. The van der Waals surface area contributed by atoms with Crippen molar-refractivity contribution in [2.75, 3.05) is 63.0 Å². The van der Waals surface area contributed by atoms with Gasteiger partial charge in [0.2, 0.25) is 0 Å². The quantitative estimate of drug-likeness (QED) is 0.223. The number of rotatable bonds is 5. The molecule has 11 nitrogen and oxygen atoms in total. The number of benzene rings is 3. The van der Waals surface area contributed by atoms with Crippen molar-refractivity contribution in [1.82, 2.24) is 10.2 Å². The molecule has 0 aromatic heterocycles. The summed E-state index contributed by atoms with van der Waals surface area (Å²) < 4.78 is 64.6. The SMILES string of the molecule is COC(=O)c1cc(F)c(-c2cccc3c2OCN(C(=O)c2c(Cl)cc(N4CC5(CCNC5)C4)cc2Cl)C3)cc1N1C2CCC1COC2.O=C(O)C(F)(F)F. The molecule has 2 N–H and O–H groups in total. The molecule has 8 rings (SSSR count). The van der Waals surface area contributed by atoms with Crippen LogP contribution in [0, 0.1) is 11.2 Å². The first-order valence-corrected chi connectivity index (χ1v) is 18.0. The number of anilines is 2. The van der Waals surface area contributed by atoms with Crippen molar-refractivity contribution >= 4 is 52.4 Å². The predicted molar refractivity (Wildman–Crippen MR) is 191 cm³/mol. The number of hydrogen-bond acceptors (Lipinski definition) is 9. The average molecular weight is 796 g/mol. The van der Waals surface area contributed by atoms with E-state index in [4.69, 9.17) is 47.3 Å². The monoisotopic (exact) mass is 794 g/mol. The zero-order valence-electron chi connectivity index (χ0n) is 29.0. The Morgan fingerprint density at radius 2 is 1.69 bits per heavy atom. The third-order valence-corrected chi connectivity index (χ3v) is 11.2. The number of carbonyl (C=O) groups is 3. The van der Waals surface area contributed by atoms with Gasteiger partial charge in [-0.15, -0.1) is 0 Å². The Hall–Kier alpha value is -4.31. The number of amides is 1. The van der Waals surface area contributed by atoms with E-state index in [2.05, 4.69) is 15.1 Å². The molecule has 54 heavy (non-hydrogen) atoms. The molecule has 0 radical (unpaired) electrons. The minimum atomic E-state index is -5.08. The van der Waals surface area contributed by atoms with Crippen molar-refractivity contribution < 1.29 is 51.3 Å². The van der Waals surface area contributed by atoms with Gasteiger partial charge in [-0.05, 0) is 50.1 Å². The van der Waals surface area contributed by atoms with E-state index in [0.717, 1.165) is 51.1 Å². The van der Waals surface area contributed by atoms with Gasteiger partial charge in [0.25, 0.3) is 5.91 Å². The first kappa shape index (κ1) is 38.0. The number of ether oxygens (including phenoxy) is 3. The van der Waals surface area contributed by atoms with Gasteiger partial charge in [-0.2, -0.15) is 13.2 Å². The lowest BCUT2D eigenvalue weighted by Gasteiger charge is -2.49. The highest BCUT2D eigenvalue weighted by Crippen LogP contribution is 2.45. The second kappa shape index (κ2) is 14.7. The highest BCUT2D eigenvalue weighted by atomic mass is 35.5. The molecule has 17 heteroatoms. The summed E-state index contributed by atoms with van der Waals surface area (Å²) >= 11 is 13.4. The van der Waals surface area contributed by atoms with E-state index in [1.807, 2.05) is 24.3 Å². The van der Waals surface area contributed by atoms with Crippen molar-refractivity contribution in [3.63, 3.8) is 0 Å². The highest BCUT2D eigenvalue weighted by molar-refractivity contribution is 6.40. The number of esters is 1. The molecule has 4 fully saturated rings. The van der Waals surface area contributed by atoms with Gasteiger partial charge in [0.1, 0.15) is 11.6 Å². The second-order valence-corrected chi connectivity index (χ2v) is 14.9. The summed E-state index contributed by atoms with van der Waals surface area (Å²) in [4.78, 5) is 41.4. The smallest absolute Gasteiger partial charge is 0.475 e. The standard InChI is InChI=1S/C35H35Cl2FN4O5.C2HF3O2/c1-45-34(44)26-11-29(38)25(12-30(26)42-21-5-6-22(42)15-46-14-21)24-4-2-3-20-13-40(19-47-32(20)24)33(43)31-27(36)9-23(10-28(31)37)41-17-35(18-41)7-8-39-16-35;3-2(4,5)1(6)7/h2-4,9-12,21-22,39H,5-8,13-19H2,1H3;(H,6,7). The summed E-state index contributed by atoms with van der Waals surface area (Å²) in [5.74, 6) is -3.78. The van der Waals surface area contributed by atoms with Crippen LogP contribution in [0.5, 0.6) is 5.75 Å². The Morgan fingerprint density at radius 3 is 2.28 bits per heavy atom. The average Bonchev–Trinajstić information content (AvgIpc) is 3.71. The molecule has 2 bridgehead atoms. The highest BCUT2D eigenvalue weighted by Gasteiger charge is 2.45. The van der Waals surface area contributed by atoms with Crippen LogP contribution < -0.4 is 19.9 Å². The van der Waals surface area contributed by atoms with Crippen molar-refractivity contribution in [2.45, 2.75) is 44.1 Å². The fraction of sp³-hybridized carbons (Fsp3) is 0.432. The van der Waals surface area contributed by atoms with Gasteiger partial charge < -0.3 is 39.3 Å². The Morgan fingerprint density at radius 1 is 1.02 bits per heavy atom. The molecule has 1 spiro atoms. The van der Waals surface area contributed by atoms with Gasteiger partial charge in [0.05, 0.1) is 65.8 Å². The van der Waals surface area contributed by atoms with Gasteiger partial charge in [0.15, 0.2) is 6.73 Å². The van der Waals surface area contributed by atoms with Gasteiger partial charge in [-0.25, -0.2) is 14.0 Å². The number of hydrogen-bond donors (Lipinski definition) is 2. The molecule has 2 unspecified atom stereocenters. The lowest BCUT2D eigenvalue weighted by atomic mass is 9.79. The first-order chi connectivity index (χ1) is 25.7. The maximum absolute atomic E-state index is 15.9. The van der Waals surface area contributed by atoms with Gasteiger partial charge in [0, 0.05) is 47.4 Å². The zero-order valence-corrected chi connectivity index (χ0v) is 30.5. The van der Waals surface area contributed by atoms with Crippen LogP contribution in [-0.4, -0.2) is 99.3 Å². The summed E-state index contributed by atoms with van der Waals surface area (Å²) in [5.41, 5.74) is 3.80. The van der Waals surface area contributed by atoms with Crippen LogP contribution in [-0.2, 0) is 20.8 Å². The van der Waals surface area contributed by atoms with Crippen LogP contribution in [0.25, 0.3) is 11.1 Å². The van der Waals surface area contributed by atoms with E-state index < -0.39 is 23.9 Å². The Kier molecular flexibility index (Phi) is 10.4. The number of methoxy groups -OCH3 is 1. The number of halogens is 6. The summed E-state index contributed by atoms with van der Waals surface area (Å²) in [7, 11) is 1.30. The molecule has 0 saturated carbocycles. The maximum Gasteiger partial charge on any atom is 0.490 e. The van der Waals surface area contributed by atoms with Crippen LogP contribution in [0.15, 0.2) is 42.5 Å². The van der Waals surface area contributed by atoms with Crippen LogP contribution in [0.1, 0.15) is 45.5 Å². The number of carboxylic acids is 1. The third-order valence-electron chi connectivity index (χ3n) is 10.6. The van der Waals surface area contributed by atoms with Crippen molar-refractivity contribution in [3.05, 3.63) is 75.0 Å². The number of para-hydroxylation sites is 1. The van der Waals surface area contributed by atoms with Crippen LogP contribution in [0.4, 0.5) is 28.9 Å². The fourth-order valence-corrected chi connectivity index (χ4v) is 8.65. The number of alkyl halides is 3. The maximum atomic E-state index is 15.9. The minimum absolute atomic E-state index is 0.0682. The number of morpholine rings is 1. The Labute approximate surface area is 317 Å². The largest absolute Gasteiger partial charge is 0.490 e. The van der Waals surface area contributed by atoms with E-state index in [1.54, 1.807) is 12.1 Å². The lowest BCUT2D eigenvalue weighted by molar-refractivity contribution is -0.192. The van der Waals surface area contributed by atoms with Crippen molar-refractivity contribution in [1.29, 1.82) is 0 Å². The molecule has 5 heterocycles. The minimum Gasteiger partial charge on any atom is -0.475 e. The molecule has 3 aromatic rings. The second-order valence-electron chi connectivity index (χ2n) is 14.1. The Bertz CT molecular complexity index is 1950. The van der Waals surface area contributed by atoms with E-state index in [9.17, 15) is 22.8 Å². The number of nitrogens with zero attached hydrogens (tertiary/aromatic N) is 3. The van der Waals surface area contributed by atoms with E-state index >= 15 is 4.39 Å². The molecule has 4 saturated heterocycles. The number of aliphatic carboxylic acids is 1. The topological polar surface area (TPSA) is 121 Å². The number of fused-ring (bicyclic) bond motifs is 3. The summed E-state index contributed by atoms with van der Waals surface area (Å²) in [6.07, 6.45) is -2.07. The van der Waals surface area contributed by atoms with Crippen LogP contribution in [0.3, 0.4) is 0 Å². The molecular formula is C37H36Cl2F4N4O7. The van der Waals surface area contributed by atoms with Crippen molar-refractivity contribution in [2.24, 2.45) is 5.41 Å². The normalized spacial score (nSPS) is 21.1. The predicted octanol–water partition coefficient (Wildman–Crippen LogP) is 6.38. The molecule has 288 valence electrons. The van der Waals surface area contributed by atoms with Gasteiger partial charge in [-0.1, -0.05) is 41.4 Å². The zero-order chi connectivity index (χ0) is 38.5. The summed E-state index contributed by atoms with van der Waals surface area (Å²) in [6, 6.07) is 12.2. The molecule has 5 aliphatic heterocycles. The summed E-state index contributed by atoms with van der Waals surface area (Å²) in [5, 5.41) is 11.1. The number of carboxylic acid groups (broad SMARTS) is 1. The third kappa shape index (κ3) is 7.14. The number of carbonyl (C=O) groups excluding carboxylic acids is 2. The fourth-order valence-electron chi connectivity index (χ4n) is 8.01. The van der Waals surface area contributed by atoms with Gasteiger partial charge in [-0.3, -0.25) is 4.79 Å². The van der Waals surface area contributed by atoms with Crippen molar-refractivity contribution in [3.8, 4) is 16.9 Å². The molecule has 3 aromatic carbocycles. The first-order valence-electron chi connectivity index (χ1n) is 17.3. The van der Waals surface area contributed by atoms with E-state index in [0.29, 0.717) is 56.8 Å². The van der Waals surface area contributed by atoms with Gasteiger partial charge >= 0.3 is 18.1 Å². The van der Waals surface area contributed by atoms with Crippen LogP contribution in [0.2, 0.25) is 10.0 Å². The lowest BCUT2D eigenvalue weighted by Crippen LogP contribution is -2.57. The van der Waals surface area contributed by atoms with Crippen LogP contribution >= 0.6 is 23.2 Å². The molecule has 2 atom stereocenters. The van der Waals surface area contributed by atoms with E-state index in [1.165, 1.54) is 18.1 Å². The molecule has 0 aliphatic carbocycles. The molecule has 1 amide bonds. The van der Waals surface area contributed by atoms with E-state index in [-0.39, 0.29) is 42.4 Å². The molecule has 5 aliphatic rings. The number of nitrogens with one attached hydrogen (secondary N) is 1.